The molecule has 1 saturated heterocycles. The van der Waals surface area contributed by atoms with Crippen LogP contribution in [0, 0.1) is 0 Å². The SMILES string of the molecule is COc1cccc2c1C(=O)c1c(O)c3c(c(O)c1C2=O)C[C@](O)(C(C)=O)CC3[C@H]1C[C@H](N)[C@@H](O)[C@@H](C)O1.Cl.O. The number of fused-ring (bicyclic) bond motifs is 3. The topological polar surface area (TPSA) is 208 Å². The molecule has 39 heavy (non-hydrogen) atoms. The molecule has 1 fully saturated rings. The molecule has 0 bridgehead atoms. The van der Waals surface area contributed by atoms with E-state index in [9.17, 15) is 34.8 Å². The fourth-order valence-electron chi connectivity index (χ4n) is 6.04. The summed E-state index contributed by atoms with van der Waals surface area (Å²) in [6.45, 7) is 2.85. The Hall–Kier alpha value is -3.06. The number of halogens is 1. The first-order chi connectivity index (χ1) is 17.4. The molecule has 2 aliphatic carbocycles. The Labute approximate surface area is 230 Å². The molecule has 1 unspecified atom stereocenters. The summed E-state index contributed by atoms with van der Waals surface area (Å²) in [7, 11) is 1.35. The number of hydrogen-bond donors (Lipinski definition) is 5. The van der Waals surface area contributed by atoms with Gasteiger partial charge in [0.15, 0.2) is 11.6 Å². The number of phenolic OH excluding ortho intramolecular Hbond substituents is 2. The Morgan fingerprint density at radius 1 is 1.13 bits per heavy atom. The number of rotatable bonds is 3. The Morgan fingerprint density at radius 2 is 1.77 bits per heavy atom. The van der Waals surface area contributed by atoms with Gasteiger partial charge in [0.25, 0.3) is 0 Å². The summed E-state index contributed by atoms with van der Waals surface area (Å²) in [5.41, 5.74) is 3.53. The number of carbonyl (C=O) groups is 3. The standard InChI is InChI=1S/C27H29NO9.ClH.H2O/c1-10-22(30)15(28)7-17(37-10)13-8-27(35,11(2)29)9-14-18(13)25(33)21-20(24(14)32)23(31)12-5-4-6-16(36-3)19(12)26(21)34;;/h4-6,10,13,15,17,22,30,32-33,35H,7-9,28H2,1-3H3;1H;1H2/t10-,13?,15+,17-,22+,27+;;/m1../s1. The Bertz CT molecular complexity index is 1350. The van der Waals surface area contributed by atoms with Crippen LogP contribution in [0.4, 0.5) is 0 Å². The molecule has 11 nitrogen and oxygen atoms in total. The maximum absolute atomic E-state index is 13.7. The monoisotopic (exact) mass is 565 g/mol. The second-order valence-corrected chi connectivity index (χ2v) is 10.2. The number of hydrogen-bond acceptors (Lipinski definition) is 10. The van der Waals surface area contributed by atoms with E-state index >= 15 is 0 Å². The maximum atomic E-state index is 13.7. The summed E-state index contributed by atoms with van der Waals surface area (Å²) in [6, 6.07) is 3.80. The highest BCUT2D eigenvalue weighted by Crippen LogP contribution is 2.53. The van der Waals surface area contributed by atoms with Crippen LogP contribution in [0.1, 0.15) is 75.6 Å². The molecule has 0 amide bonds. The second-order valence-electron chi connectivity index (χ2n) is 10.2. The maximum Gasteiger partial charge on any atom is 0.202 e. The van der Waals surface area contributed by atoms with Crippen molar-refractivity contribution in [2.45, 2.75) is 69.0 Å². The van der Waals surface area contributed by atoms with Crippen LogP contribution in [0.15, 0.2) is 18.2 Å². The molecular formula is C27H32ClNO10. The molecule has 1 aliphatic heterocycles. The summed E-state index contributed by atoms with van der Waals surface area (Å²) in [4.78, 5) is 39.7. The molecule has 1 heterocycles. The molecule has 12 heteroatoms. The second kappa shape index (κ2) is 10.5. The Kier molecular flexibility index (Phi) is 8.20. The minimum Gasteiger partial charge on any atom is -0.507 e. The molecule has 212 valence electrons. The third kappa shape index (κ3) is 4.39. The highest BCUT2D eigenvalue weighted by atomic mass is 35.5. The summed E-state index contributed by atoms with van der Waals surface area (Å²) in [5.74, 6) is -3.79. The lowest BCUT2D eigenvalue weighted by molar-refractivity contribution is -0.146. The number of nitrogens with two attached hydrogens (primary N) is 1. The minimum absolute atomic E-state index is 0. The average molecular weight is 566 g/mol. The molecule has 2 aromatic carbocycles. The summed E-state index contributed by atoms with van der Waals surface area (Å²) in [6.07, 6.45) is -2.81. The Morgan fingerprint density at radius 3 is 2.36 bits per heavy atom. The predicted molar refractivity (Wildman–Crippen MR) is 140 cm³/mol. The lowest BCUT2D eigenvalue weighted by Crippen LogP contribution is -2.54. The number of aliphatic hydroxyl groups is 2. The van der Waals surface area contributed by atoms with Crippen molar-refractivity contribution < 1.29 is 49.8 Å². The van der Waals surface area contributed by atoms with Crippen LogP contribution in [0.25, 0.3) is 0 Å². The van der Waals surface area contributed by atoms with Crippen LogP contribution in [-0.4, -0.2) is 80.3 Å². The zero-order valence-corrected chi connectivity index (χ0v) is 22.4. The minimum atomic E-state index is -1.93. The highest BCUT2D eigenvalue weighted by Gasteiger charge is 2.51. The molecule has 3 aliphatic rings. The summed E-state index contributed by atoms with van der Waals surface area (Å²) >= 11 is 0. The van der Waals surface area contributed by atoms with Gasteiger partial charge >= 0.3 is 0 Å². The number of carbonyl (C=O) groups excluding carboxylic acids is 3. The van der Waals surface area contributed by atoms with Crippen LogP contribution >= 0.6 is 12.4 Å². The van der Waals surface area contributed by atoms with E-state index in [1.165, 1.54) is 32.2 Å². The van der Waals surface area contributed by atoms with Gasteiger partial charge in [0, 0.05) is 35.1 Å². The molecule has 0 spiro atoms. The van der Waals surface area contributed by atoms with Gasteiger partial charge in [-0.05, 0) is 32.8 Å². The number of aliphatic hydroxyl groups excluding tert-OH is 1. The number of aromatic hydroxyl groups is 2. The van der Waals surface area contributed by atoms with Crippen molar-refractivity contribution in [1.29, 1.82) is 0 Å². The van der Waals surface area contributed by atoms with Gasteiger partial charge in [-0.2, -0.15) is 0 Å². The Balaban J connectivity index is 0.00000210. The number of benzene rings is 2. The van der Waals surface area contributed by atoms with E-state index in [0.717, 1.165) is 0 Å². The fourth-order valence-corrected chi connectivity index (χ4v) is 6.04. The lowest BCUT2D eigenvalue weighted by Gasteiger charge is -2.45. The summed E-state index contributed by atoms with van der Waals surface area (Å²) < 4.78 is 11.3. The molecule has 0 aromatic heterocycles. The zero-order chi connectivity index (χ0) is 27.0. The van der Waals surface area contributed by atoms with Gasteiger partial charge in [-0.15, -0.1) is 12.4 Å². The molecule has 0 radical (unpaired) electrons. The predicted octanol–water partition coefficient (Wildman–Crippen LogP) is 0.694. The zero-order valence-electron chi connectivity index (χ0n) is 21.6. The number of phenols is 2. The van der Waals surface area contributed by atoms with Crippen LogP contribution < -0.4 is 10.5 Å². The number of ketones is 3. The normalized spacial score (nSPS) is 29.2. The highest BCUT2D eigenvalue weighted by molar-refractivity contribution is 6.31. The average Bonchev–Trinajstić information content (AvgIpc) is 2.86. The smallest absolute Gasteiger partial charge is 0.202 e. The van der Waals surface area contributed by atoms with E-state index in [0.29, 0.717) is 0 Å². The molecule has 2 aromatic rings. The van der Waals surface area contributed by atoms with Gasteiger partial charge in [0.2, 0.25) is 5.78 Å². The van der Waals surface area contributed by atoms with E-state index in [4.69, 9.17) is 15.2 Å². The van der Waals surface area contributed by atoms with Gasteiger partial charge < -0.3 is 41.1 Å². The van der Waals surface area contributed by atoms with Crippen molar-refractivity contribution in [3.8, 4) is 17.2 Å². The quantitative estimate of drug-likeness (QED) is 0.281. The van der Waals surface area contributed by atoms with Crippen molar-refractivity contribution in [3.63, 3.8) is 0 Å². The van der Waals surface area contributed by atoms with Gasteiger partial charge in [-0.3, -0.25) is 14.4 Å². The number of Topliss-reactive ketones (excluding diaryl/α,β-unsaturated/α-hetero) is 1. The fraction of sp³-hybridized carbons (Fsp3) is 0.444. The number of ether oxygens (including phenoxy) is 2. The van der Waals surface area contributed by atoms with E-state index in [-0.39, 0.29) is 70.7 Å². The molecule has 5 rings (SSSR count). The van der Waals surface area contributed by atoms with Crippen LogP contribution in [0.3, 0.4) is 0 Å². The van der Waals surface area contributed by atoms with Gasteiger partial charge in [0.1, 0.15) is 22.8 Å². The third-order valence-corrected chi connectivity index (χ3v) is 8.08. The largest absolute Gasteiger partial charge is 0.507 e. The first-order valence-electron chi connectivity index (χ1n) is 12.1. The van der Waals surface area contributed by atoms with E-state index in [1.807, 2.05) is 0 Å². The molecule has 8 N–H and O–H groups in total. The van der Waals surface area contributed by atoms with Crippen LogP contribution in [0.5, 0.6) is 17.2 Å². The molecule has 6 atom stereocenters. The van der Waals surface area contributed by atoms with Crippen molar-refractivity contribution in [2.75, 3.05) is 7.11 Å². The number of methoxy groups -OCH3 is 1. The molecule has 0 saturated carbocycles. The lowest BCUT2D eigenvalue weighted by atomic mass is 9.66. The van der Waals surface area contributed by atoms with Crippen LogP contribution in [0.2, 0.25) is 0 Å². The third-order valence-electron chi connectivity index (χ3n) is 8.08. The van der Waals surface area contributed by atoms with E-state index in [2.05, 4.69) is 0 Å². The van der Waals surface area contributed by atoms with Crippen molar-refractivity contribution in [2.24, 2.45) is 5.73 Å². The van der Waals surface area contributed by atoms with E-state index in [1.54, 1.807) is 6.92 Å². The van der Waals surface area contributed by atoms with Gasteiger partial charge in [-0.1, -0.05) is 12.1 Å². The van der Waals surface area contributed by atoms with Gasteiger partial charge in [-0.25, -0.2) is 0 Å². The first-order valence-corrected chi connectivity index (χ1v) is 12.1. The molecular weight excluding hydrogens is 534 g/mol. The summed E-state index contributed by atoms with van der Waals surface area (Å²) in [5, 5.41) is 44.5. The van der Waals surface area contributed by atoms with Crippen molar-refractivity contribution in [3.05, 3.63) is 51.6 Å². The van der Waals surface area contributed by atoms with Crippen molar-refractivity contribution >= 4 is 29.8 Å². The van der Waals surface area contributed by atoms with Crippen molar-refractivity contribution in [1.82, 2.24) is 0 Å². The van der Waals surface area contributed by atoms with Gasteiger partial charge in [0.05, 0.1) is 42.1 Å². The van der Waals surface area contributed by atoms with E-state index < -0.39 is 70.3 Å². The first kappa shape index (κ1) is 30.5. The van der Waals surface area contributed by atoms with Crippen LogP contribution in [-0.2, 0) is 16.0 Å².